The topological polar surface area (TPSA) is 105 Å². The lowest BCUT2D eigenvalue weighted by molar-refractivity contribution is -0.148. The van der Waals surface area contributed by atoms with E-state index in [0.29, 0.717) is 43.7 Å². The maximum atomic E-state index is 14.6. The number of anilines is 1. The number of carboxylic acid groups (broad SMARTS) is 1. The number of carboxylic acids is 1. The maximum absolute atomic E-state index is 14.6. The minimum absolute atomic E-state index is 0.112. The lowest BCUT2D eigenvalue weighted by atomic mass is 9.59. The second kappa shape index (κ2) is 10.1. The Balaban J connectivity index is 1.77. The van der Waals surface area contributed by atoms with Crippen LogP contribution in [0, 0.1) is 18.2 Å². The first kappa shape index (κ1) is 27.9. The molecule has 10 heteroatoms. The molecule has 3 aromatic rings. The van der Waals surface area contributed by atoms with Crippen LogP contribution in [0.25, 0.3) is 0 Å². The summed E-state index contributed by atoms with van der Waals surface area (Å²) in [7, 11) is 0. The number of rotatable bonds is 6. The zero-order valence-corrected chi connectivity index (χ0v) is 23.5. The molecule has 2 heterocycles. The number of halogens is 3. The molecule has 0 radical (unpaired) electrons. The van der Waals surface area contributed by atoms with Crippen molar-refractivity contribution < 1.29 is 28.6 Å². The molecule has 1 fully saturated rings. The fourth-order valence-electron chi connectivity index (χ4n) is 5.69. The predicted molar refractivity (Wildman–Crippen MR) is 150 cm³/mol. The molecule has 1 saturated heterocycles. The Bertz CT molecular complexity index is 1560. The predicted octanol–water partition coefficient (Wildman–Crippen LogP) is 6.17. The first-order valence-electron chi connectivity index (χ1n) is 12.7. The van der Waals surface area contributed by atoms with Crippen LogP contribution in [0.4, 0.5) is 10.1 Å². The number of nitrogens with one attached hydrogen (secondary N) is 2. The molecule has 2 aliphatic rings. The van der Waals surface area contributed by atoms with Gasteiger partial charge in [-0.3, -0.25) is 14.4 Å². The van der Waals surface area contributed by atoms with Crippen LogP contribution in [0.1, 0.15) is 54.5 Å². The van der Waals surface area contributed by atoms with Gasteiger partial charge in [0.05, 0.1) is 11.5 Å². The average Bonchev–Trinajstić information content (AvgIpc) is 3.17. The number of piperidine rings is 1. The number of amides is 2. The highest BCUT2D eigenvalue weighted by atomic mass is 35.5. The summed E-state index contributed by atoms with van der Waals surface area (Å²) in [5, 5.41) is 16.3. The van der Waals surface area contributed by atoms with Crippen LogP contribution in [0.3, 0.4) is 0 Å². The van der Waals surface area contributed by atoms with Gasteiger partial charge in [-0.2, -0.15) is 0 Å². The standard InChI is InChI=1S/C30H27Cl2FN2O5/c1-15-4-7-18(33)12-19(15)26-30(21-8-5-17(32)11-23(21)34-27(30)37)22(13-25(36)35-26)20-10-16(31)6-9-24(20)40-14-29(2,3)28(38)39/h4-12,22,26H,13-14H2,1-3H3,(H,34,37)(H,35,36)(H,38,39)/t22-,26?,30-/m1/s1. The van der Waals surface area contributed by atoms with Crippen molar-refractivity contribution in [2.75, 3.05) is 11.9 Å². The van der Waals surface area contributed by atoms with Gasteiger partial charge >= 0.3 is 5.97 Å². The summed E-state index contributed by atoms with van der Waals surface area (Å²) in [6.45, 7) is 4.69. The van der Waals surface area contributed by atoms with Crippen LogP contribution >= 0.6 is 23.2 Å². The van der Waals surface area contributed by atoms with E-state index in [1.807, 2.05) is 0 Å². The number of aliphatic carboxylic acids is 1. The lowest BCUT2D eigenvalue weighted by Crippen LogP contribution is -2.57. The smallest absolute Gasteiger partial charge is 0.312 e. The van der Waals surface area contributed by atoms with Crippen molar-refractivity contribution in [2.45, 2.75) is 44.6 Å². The number of hydrogen-bond donors (Lipinski definition) is 3. The van der Waals surface area contributed by atoms with E-state index >= 15 is 0 Å². The van der Waals surface area contributed by atoms with E-state index in [-0.39, 0.29) is 18.9 Å². The van der Waals surface area contributed by atoms with Gasteiger partial charge in [-0.15, -0.1) is 0 Å². The summed E-state index contributed by atoms with van der Waals surface area (Å²) in [5.41, 5.74) is -0.00182. The highest BCUT2D eigenvalue weighted by Crippen LogP contribution is 2.59. The Kier molecular flexibility index (Phi) is 7.04. The monoisotopic (exact) mass is 584 g/mol. The Morgan fingerprint density at radius 3 is 2.50 bits per heavy atom. The van der Waals surface area contributed by atoms with Crippen molar-refractivity contribution in [1.82, 2.24) is 5.32 Å². The summed E-state index contributed by atoms with van der Waals surface area (Å²) in [5.74, 6) is -2.83. The molecule has 5 rings (SSSR count). The molecule has 2 amide bonds. The van der Waals surface area contributed by atoms with Gasteiger partial charge < -0.3 is 20.5 Å². The molecule has 0 aromatic heterocycles. The first-order chi connectivity index (χ1) is 18.8. The first-order valence-corrected chi connectivity index (χ1v) is 13.4. The second-order valence-electron chi connectivity index (χ2n) is 10.9. The Morgan fingerprint density at radius 1 is 1.07 bits per heavy atom. The van der Waals surface area contributed by atoms with Crippen LogP contribution < -0.4 is 15.4 Å². The van der Waals surface area contributed by atoms with Crippen molar-refractivity contribution >= 4 is 46.7 Å². The molecule has 0 aliphatic carbocycles. The van der Waals surface area contributed by atoms with Crippen LogP contribution in [0.2, 0.25) is 10.0 Å². The SMILES string of the molecule is Cc1ccc(F)cc1C1NC(=O)C[C@H](c2cc(Cl)ccc2OCC(C)(C)C(=O)O)[C@@]12C(=O)Nc1cc(Cl)ccc12. The highest BCUT2D eigenvalue weighted by Gasteiger charge is 2.62. The molecule has 40 heavy (non-hydrogen) atoms. The molecular weight excluding hydrogens is 558 g/mol. The maximum Gasteiger partial charge on any atom is 0.312 e. The van der Waals surface area contributed by atoms with Crippen LogP contribution in [-0.2, 0) is 19.8 Å². The normalized spacial score (nSPS) is 22.1. The molecule has 2 aliphatic heterocycles. The minimum atomic E-state index is -1.45. The van der Waals surface area contributed by atoms with Gasteiger partial charge in [-0.25, -0.2) is 4.39 Å². The van der Waals surface area contributed by atoms with Gasteiger partial charge in [0, 0.05) is 33.6 Å². The number of aryl methyl sites for hydroxylation is 1. The third kappa shape index (κ3) is 4.59. The Hall–Kier alpha value is -3.62. The summed E-state index contributed by atoms with van der Waals surface area (Å²) in [4.78, 5) is 39.3. The molecule has 3 atom stereocenters. The van der Waals surface area contributed by atoms with Crippen molar-refractivity contribution in [3.63, 3.8) is 0 Å². The zero-order valence-electron chi connectivity index (χ0n) is 22.0. The number of carbonyl (C=O) groups is 3. The van der Waals surface area contributed by atoms with Crippen LogP contribution in [0.5, 0.6) is 5.75 Å². The highest BCUT2D eigenvalue weighted by molar-refractivity contribution is 6.31. The molecule has 7 nitrogen and oxygen atoms in total. The molecule has 1 unspecified atom stereocenters. The van der Waals surface area contributed by atoms with E-state index in [1.54, 1.807) is 49.4 Å². The van der Waals surface area contributed by atoms with Crippen molar-refractivity contribution in [3.8, 4) is 5.75 Å². The van der Waals surface area contributed by atoms with Crippen molar-refractivity contribution in [1.29, 1.82) is 0 Å². The van der Waals surface area contributed by atoms with Gasteiger partial charge in [0.1, 0.15) is 23.6 Å². The molecule has 208 valence electrons. The molecule has 3 aromatic carbocycles. The fraction of sp³-hybridized carbons (Fsp3) is 0.300. The number of carbonyl (C=O) groups excluding carboxylic acids is 2. The van der Waals surface area contributed by atoms with Crippen LogP contribution in [0.15, 0.2) is 54.6 Å². The van der Waals surface area contributed by atoms with Gasteiger partial charge in [0.2, 0.25) is 11.8 Å². The number of ether oxygens (including phenoxy) is 1. The van der Waals surface area contributed by atoms with Gasteiger partial charge in [0.15, 0.2) is 0 Å². The summed E-state index contributed by atoms with van der Waals surface area (Å²) < 4.78 is 20.7. The average molecular weight is 585 g/mol. The lowest BCUT2D eigenvalue weighted by Gasteiger charge is -2.47. The Morgan fingerprint density at radius 2 is 1.77 bits per heavy atom. The van der Waals surface area contributed by atoms with E-state index < -0.39 is 40.5 Å². The van der Waals surface area contributed by atoms with E-state index in [0.717, 1.165) is 0 Å². The minimum Gasteiger partial charge on any atom is -0.492 e. The third-order valence-electron chi connectivity index (χ3n) is 7.82. The summed E-state index contributed by atoms with van der Waals surface area (Å²) >= 11 is 12.7. The second-order valence-corrected chi connectivity index (χ2v) is 11.8. The Labute approximate surface area is 240 Å². The largest absolute Gasteiger partial charge is 0.492 e. The fourth-order valence-corrected chi connectivity index (χ4v) is 6.04. The van der Waals surface area contributed by atoms with E-state index in [1.165, 1.54) is 26.0 Å². The molecule has 0 saturated carbocycles. The number of hydrogen-bond acceptors (Lipinski definition) is 4. The zero-order chi connectivity index (χ0) is 29.0. The summed E-state index contributed by atoms with van der Waals surface area (Å²) in [6, 6.07) is 13.2. The van der Waals surface area contributed by atoms with Crippen LogP contribution in [-0.4, -0.2) is 29.5 Å². The third-order valence-corrected chi connectivity index (χ3v) is 8.29. The summed E-state index contributed by atoms with van der Waals surface area (Å²) in [6.07, 6.45) is -0.112. The van der Waals surface area contributed by atoms with Gasteiger partial charge in [-0.1, -0.05) is 35.3 Å². The van der Waals surface area contributed by atoms with Crippen molar-refractivity contribution in [3.05, 3.63) is 92.7 Å². The van der Waals surface area contributed by atoms with Gasteiger partial charge in [-0.05, 0) is 79.9 Å². The molecule has 0 bridgehead atoms. The molecular formula is C30H27Cl2FN2O5. The quantitative estimate of drug-likeness (QED) is 0.321. The number of benzene rings is 3. The molecule has 3 N–H and O–H groups in total. The molecule has 1 spiro atoms. The van der Waals surface area contributed by atoms with Crippen molar-refractivity contribution in [2.24, 2.45) is 5.41 Å². The number of fused-ring (bicyclic) bond motifs is 2. The van der Waals surface area contributed by atoms with E-state index in [4.69, 9.17) is 27.9 Å². The van der Waals surface area contributed by atoms with E-state index in [9.17, 15) is 23.9 Å². The van der Waals surface area contributed by atoms with Gasteiger partial charge in [0.25, 0.3) is 0 Å². The van der Waals surface area contributed by atoms with E-state index in [2.05, 4.69) is 10.6 Å².